The Kier molecular flexibility index (Phi) is 7.99. The van der Waals surface area contributed by atoms with Crippen molar-refractivity contribution in [2.75, 3.05) is 7.11 Å². The zero-order chi connectivity index (χ0) is 15.1. The fourth-order valence-corrected chi connectivity index (χ4v) is 4.07. The van der Waals surface area contributed by atoms with Crippen LogP contribution in [0.2, 0.25) is 13.1 Å². The molecule has 0 fully saturated rings. The van der Waals surface area contributed by atoms with Gasteiger partial charge in [-0.25, -0.2) is 9.59 Å². The fraction of sp³-hybridized carbons (Fsp3) is 0.455. The molecule has 0 amide bonds. The van der Waals surface area contributed by atoms with E-state index in [4.69, 9.17) is 14.0 Å². The number of carbonyl (C=O) groups excluding carboxylic acids is 1. The highest BCUT2D eigenvalue weighted by Crippen LogP contribution is 2.24. The van der Waals surface area contributed by atoms with Crippen molar-refractivity contribution in [1.29, 1.82) is 0 Å². The number of aliphatic carboxylic acids is 1. The minimum Gasteiger partial charge on any atom is -0.478 e. The van der Waals surface area contributed by atoms with Crippen LogP contribution in [0.3, 0.4) is 0 Å². The quantitative estimate of drug-likeness (QED) is 0.432. The number of carbonyl (C=O) groups is 2. The second-order valence-electron chi connectivity index (χ2n) is 4.25. The summed E-state index contributed by atoms with van der Waals surface area (Å²) in [6.45, 7) is 5.56. The first-order valence-corrected chi connectivity index (χ1v) is 11.0. The predicted molar refractivity (Wildman–Crippen MR) is 82.2 cm³/mol. The van der Waals surface area contributed by atoms with Crippen LogP contribution in [0, 0.1) is 0 Å². The number of hydrogen-bond acceptors (Lipinski definition) is 5. The molecule has 0 radical (unpaired) electrons. The standard InChI is InChI=1S/C11H20O5SSi2/c1-8(10(12)13)5-6-9(11(14)15-2)7-17-19(3,4)16-18/h5,7H,6H2,1-4,18H3,(H,12,13). The minimum absolute atomic E-state index is 0.204. The first-order chi connectivity index (χ1) is 8.73. The van der Waals surface area contributed by atoms with Crippen molar-refractivity contribution in [2.24, 2.45) is 0 Å². The fourth-order valence-electron chi connectivity index (χ4n) is 0.922. The first-order valence-electron chi connectivity index (χ1n) is 5.64. The number of ether oxygens (including phenoxy) is 1. The lowest BCUT2D eigenvalue weighted by Gasteiger charge is -2.17. The highest BCUT2D eigenvalue weighted by atomic mass is 32.4. The Bertz CT molecular complexity index is 404. The van der Waals surface area contributed by atoms with Crippen LogP contribution in [0.4, 0.5) is 0 Å². The minimum atomic E-state index is -1.82. The van der Waals surface area contributed by atoms with Gasteiger partial charge in [0.2, 0.25) is 7.47 Å². The van der Waals surface area contributed by atoms with Crippen LogP contribution in [0.15, 0.2) is 22.6 Å². The second-order valence-corrected chi connectivity index (χ2v) is 12.8. The number of allylic oxidation sites excluding steroid dienone is 1. The number of hydrogen-bond donors (Lipinski definition) is 1. The number of carboxylic acid groups (broad SMARTS) is 1. The van der Waals surface area contributed by atoms with Crippen LogP contribution in [-0.2, 0) is 18.4 Å². The normalized spacial score (nSPS) is 13.5. The highest BCUT2D eigenvalue weighted by molar-refractivity contribution is 8.30. The van der Waals surface area contributed by atoms with Gasteiger partial charge in [-0.3, -0.25) is 0 Å². The van der Waals surface area contributed by atoms with Crippen LogP contribution in [0.1, 0.15) is 13.3 Å². The summed E-state index contributed by atoms with van der Waals surface area (Å²) in [5.74, 6) is -1.44. The van der Waals surface area contributed by atoms with Crippen molar-refractivity contribution in [3.8, 4) is 0 Å². The Morgan fingerprint density at radius 2 is 2.00 bits per heavy atom. The Labute approximate surface area is 121 Å². The molecule has 0 unspecified atom stereocenters. The molecular weight excluding hydrogens is 300 g/mol. The Morgan fingerprint density at radius 1 is 1.42 bits per heavy atom. The van der Waals surface area contributed by atoms with Gasteiger partial charge in [0, 0.05) is 11.1 Å². The number of esters is 1. The molecule has 5 nitrogen and oxygen atoms in total. The van der Waals surface area contributed by atoms with E-state index in [-0.39, 0.29) is 12.0 Å². The van der Waals surface area contributed by atoms with E-state index in [1.807, 2.05) is 13.1 Å². The van der Waals surface area contributed by atoms with E-state index in [0.717, 1.165) is 0 Å². The van der Waals surface area contributed by atoms with Crippen molar-refractivity contribution in [2.45, 2.75) is 26.4 Å². The maximum absolute atomic E-state index is 11.6. The average Bonchev–Trinajstić information content (AvgIpc) is 2.37. The summed E-state index contributed by atoms with van der Waals surface area (Å²) in [6.07, 6.45) is 1.74. The van der Waals surface area contributed by atoms with Crippen molar-refractivity contribution in [1.82, 2.24) is 0 Å². The smallest absolute Gasteiger partial charge is 0.334 e. The molecule has 0 aliphatic carbocycles. The van der Waals surface area contributed by atoms with Gasteiger partial charge in [0.25, 0.3) is 0 Å². The van der Waals surface area contributed by atoms with E-state index in [2.05, 4.69) is 0 Å². The van der Waals surface area contributed by atoms with Gasteiger partial charge in [0.15, 0.2) is 0 Å². The van der Waals surface area contributed by atoms with Crippen LogP contribution in [0.25, 0.3) is 0 Å². The molecule has 0 aliphatic rings. The first kappa shape index (κ1) is 18.2. The zero-order valence-corrected chi connectivity index (χ0v) is 15.7. The topological polar surface area (TPSA) is 72.8 Å². The highest BCUT2D eigenvalue weighted by Gasteiger charge is 2.21. The van der Waals surface area contributed by atoms with E-state index in [1.54, 1.807) is 5.41 Å². The molecule has 0 bridgehead atoms. The lowest BCUT2D eigenvalue weighted by atomic mass is 10.1. The molecule has 0 aromatic carbocycles. The summed E-state index contributed by atoms with van der Waals surface area (Å²) >= 11 is 1.50. The Balaban J connectivity index is 4.93. The van der Waals surface area contributed by atoms with E-state index < -0.39 is 19.4 Å². The monoisotopic (exact) mass is 320 g/mol. The molecule has 0 aromatic rings. The Morgan fingerprint density at radius 3 is 2.42 bits per heavy atom. The molecule has 8 heteroatoms. The molecule has 0 saturated heterocycles. The van der Waals surface area contributed by atoms with Crippen LogP contribution >= 0.6 is 11.2 Å². The summed E-state index contributed by atoms with van der Waals surface area (Å²) in [4.78, 5) is 22.3. The SMILES string of the molecule is COC(=O)C(=CS[Si](C)(C)O[SiH3])CC=C(C)C(=O)O. The maximum atomic E-state index is 11.6. The lowest BCUT2D eigenvalue weighted by Crippen LogP contribution is -2.24. The molecular formula is C11H20O5SSi2. The van der Waals surface area contributed by atoms with E-state index >= 15 is 0 Å². The second kappa shape index (κ2) is 8.36. The predicted octanol–water partition coefficient (Wildman–Crippen LogP) is 1.20. The van der Waals surface area contributed by atoms with Crippen molar-refractivity contribution < 1.29 is 23.5 Å². The molecule has 0 spiro atoms. The molecule has 0 heterocycles. The van der Waals surface area contributed by atoms with Gasteiger partial charge in [0.1, 0.15) is 10.5 Å². The van der Waals surface area contributed by atoms with E-state index in [9.17, 15) is 9.59 Å². The average molecular weight is 321 g/mol. The summed E-state index contributed by atoms with van der Waals surface area (Å²) in [6, 6.07) is 0. The van der Waals surface area contributed by atoms with Gasteiger partial charge in [-0.1, -0.05) is 6.08 Å². The van der Waals surface area contributed by atoms with Gasteiger partial charge >= 0.3 is 11.9 Å². The molecule has 0 atom stereocenters. The third-order valence-corrected chi connectivity index (χ3v) is 10.8. The van der Waals surface area contributed by atoms with Gasteiger partial charge in [-0.2, -0.15) is 0 Å². The van der Waals surface area contributed by atoms with Crippen LogP contribution < -0.4 is 0 Å². The molecule has 1 N–H and O–H groups in total. The number of methoxy groups -OCH3 is 1. The molecule has 0 aliphatic heterocycles. The van der Waals surface area contributed by atoms with Gasteiger partial charge < -0.3 is 14.0 Å². The zero-order valence-electron chi connectivity index (χ0n) is 11.9. The van der Waals surface area contributed by atoms with Crippen molar-refractivity contribution in [3.05, 3.63) is 22.6 Å². The third kappa shape index (κ3) is 7.36. The summed E-state index contributed by atoms with van der Waals surface area (Å²) in [5.41, 5.74) is 0.642. The van der Waals surface area contributed by atoms with Gasteiger partial charge in [-0.15, -0.1) is 11.2 Å². The third-order valence-electron chi connectivity index (χ3n) is 2.39. The van der Waals surface area contributed by atoms with Crippen LogP contribution in [-0.4, -0.2) is 42.1 Å². The van der Waals surface area contributed by atoms with E-state index in [0.29, 0.717) is 16.1 Å². The number of rotatable bonds is 7. The van der Waals surface area contributed by atoms with Gasteiger partial charge in [0.05, 0.1) is 7.11 Å². The molecule has 0 rings (SSSR count). The van der Waals surface area contributed by atoms with Gasteiger partial charge in [-0.05, 0) is 31.8 Å². The van der Waals surface area contributed by atoms with E-state index in [1.165, 1.54) is 31.3 Å². The summed E-state index contributed by atoms with van der Waals surface area (Å²) in [5, 5.41) is 10.5. The molecule has 0 saturated carbocycles. The summed E-state index contributed by atoms with van der Waals surface area (Å²) in [7, 11) is 0.144. The van der Waals surface area contributed by atoms with Crippen molar-refractivity contribution in [3.63, 3.8) is 0 Å². The largest absolute Gasteiger partial charge is 0.478 e. The molecule has 108 valence electrons. The van der Waals surface area contributed by atoms with Crippen LogP contribution in [0.5, 0.6) is 0 Å². The molecule has 0 aromatic heterocycles. The Hall–Kier alpha value is -0.836. The maximum Gasteiger partial charge on any atom is 0.334 e. The van der Waals surface area contributed by atoms with Crippen molar-refractivity contribution >= 4 is 41.1 Å². The summed E-state index contributed by atoms with van der Waals surface area (Å²) < 4.78 is 10.2. The number of carboxylic acids is 1. The lowest BCUT2D eigenvalue weighted by molar-refractivity contribution is -0.136. The molecule has 19 heavy (non-hydrogen) atoms.